The van der Waals surface area contributed by atoms with Crippen molar-refractivity contribution in [3.63, 3.8) is 0 Å². The number of aromatic nitrogens is 2. The molecule has 3 rings (SSSR count). The maximum absolute atomic E-state index is 12.6. The monoisotopic (exact) mass is 432 g/mol. The highest BCUT2D eigenvalue weighted by atomic mass is 16.5. The number of nitrogens with one attached hydrogen (secondary N) is 2. The molecule has 0 unspecified atom stereocenters. The second kappa shape index (κ2) is 8.94. The Labute approximate surface area is 185 Å². The number of nitriles is 1. The predicted molar refractivity (Wildman–Crippen MR) is 119 cm³/mol. The lowest BCUT2D eigenvalue weighted by Gasteiger charge is -2.13. The Morgan fingerprint density at radius 1 is 1.09 bits per heavy atom. The van der Waals surface area contributed by atoms with Gasteiger partial charge in [-0.05, 0) is 57.9 Å². The molecule has 164 valence electrons. The molecule has 1 aromatic carbocycles. The van der Waals surface area contributed by atoms with Gasteiger partial charge in [0, 0.05) is 22.6 Å². The highest BCUT2D eigenvalue weighted by Gasteiger charge is 2.23. The zero-order valence-electron chi connectivity index (χ0n) is 18.6. The first-order chi connectivity index (χ1) is 15.2. The van der Waals surface area contributed by atoms with Crippen LogP contribution in [-0.2, 0) is 9.53 Å². The van der Waals surface area contributed by atoms with E-state index in [1.807, 2.05) is 44.2 Å². The largest absolute Gasteiger partial charge is 0.451 e. The number of H-pyrrole nitrogens is 1. The number of anilines is 1. The van der Waals surface area contributed by atoms with E-state index in [9.17, 15) is 19.6 Å². The van der Waals surface area contributed by atoms with Crippen LogP contribution in [0.3, 0.4) is 0 Å². The van der Waals surface area contributed by atoms with Gasteiger partial charge in [0.25, 0.3) is 5.91 Å². The van der Waals surface area contributed by atoms with Crippen molar-refractivity contribution in [2.45, 2.75) is 34.6 Å². The predicted octanol–water partition coefficient (Wildman–Crippen LogP) is 3.91. The van der Waals surface area contributed by atoms with Crippen LogP contribution in [0.25, 0.3) is 5.69 Å². The van der Waals surface area contributed by atoms with Gasteiger partial charge in [-0.2, -0.15) is 5.26 Å². The van der Waals surface area contributed by atoms with E-state index in [1.165, 1.54) is 6.92 Å². The number of ether oxygens (including phenoxy) is 1. The number of amides is 1. The van der Waals surface area contributed by atoms with Crippen molar-refractivity contribution in [3.05, 3.63) is 69.7 Å². The molecule has 0 fully saturated rings. The smallest absolute Gasteiger partial charge is 0.355 e. The molecule has 2 N–H and O–H groups in total. The molecule has 0 spiro atoms. The minimum absolute atomic E-state index is 0.137. The molecule has 0 radical (unpaired) electrons. The zero-order valence-corrected chi connectivity index (χ0v) is 18.6. The Hall–Kier alpha value is -4.12. The van der Waals surface area contributed by atoms with Crippen LogP contribution in [0.15, 0.2) is 30.3 Å². The SMILES string of the molecule is CC(=O)c1c(C)[nH]c(C(=O)OCC(=O)Nc2c(C#N)c(C)c(C)n2-c2ccccc2)c1C. The van der Waals surface area contributed by atoms with Gasteiger partial charge >= 0.3 is 5.97 Å². The summed E-state index contributed by atoms with van der Waals surface area (Å²) in [6.07, 6.45) is 0. The van der Waals surface area contributed by atoms with Gasteiger partial charge in [0.1, 0.15) is 17.6 Å². The molecule has 3 aromatic rings. The van der Waals surface area contributed by atoms with E-state index < -0.39 is 18.5 Å². The topological polar surface area (TPSA) is 117 Å². The lowest BCUT2D eigenvalue weighted by atomic mass is 10.1. The van der Waals surface area contributed by atoms with Gasteiger partial charge in [-0.25, -0.2) is 4.79 Å². The first-order valence-corrected chi connectivity index (χ1v) is 10.0. The van der Waals surface area contributed by atoms with Gasteiger partial charge in [-0.3, -0.25) is 14.2 Å². The van der Waals surface area contributed by atoms with Crippen molar-refractivity contribution < 1.29 is 19.1 Å². The first kappa shape index (κ1) is 22.6. The highest BCUT2D eigenvalue weighted by Crippen LogP contribution is 2.30. The minimum atomic E-state index is -0.737. The third-order valence-corrected chi connectivity index (χ3v) is 5.43. The summed E-state index contributed by atoms with van der Waals surface area (Å²) in [5.41, 5.74) is 4.31. The average molecular weight is 432 g/mol. The minimum Gasteiger partial charge on any atom is -0.451 e. The summed E-state index contributed by atoms with van der Waals surface area (Å²) in [5.74, 6) is -1.16. The van der Waals surface area contributed by atoms with Crippen molar-refractivity contribution in [2.75, 3.05) is 11.9 Å². The van der Waals surface area contributed by atoms with E-state index in [0.717, 1.165) is 16.9 Å². The number of aromatic amines is 1. The molecular weight excluding hydrogens is 408 g/mol. The lowest BCUT2D eigenvalue weighted by molar-refractivity contribution is -0.119. The summed E-state index contributed by atoms with van der Waals surface area (Å²) in [6.45, 7) is 7.89. The maximum atomic E-state index is 12.6. The molecule has 0 aliphatic heterocycles. The summed E-state index contributed by atoms with van der Waals surface area (Å²) in [4.78, 5) is 39.7. The van der Waals surface area contributed by atoms with Crippen molar-refractivity contribution in [2.24, 2.45) is 0 Å². The van der Waals surface area contributed by atoms with Crippen LogP contribution in [0.1, 0.15) is 55.8 Å². The lowest BCUT2D eigenvalue weighted by Crippen LogP contribution is -2.23. The number of hydrogen-bond donors (Lipinski definition) is 2. The summed E-state index contributed by atoms with van der Waals surface area (Å²) < 4.78 is 6.94. The fourth-order valence-corrected chi connectivity index (χ4v) is 3.81. The molecule has 0 saturated heterocycles. The van der Waals surface area contributed by atoms with Crippen LogP contribution < -0.4 is 5.32 Å². The number of carbonyl (C=O) groups excluding carboxylic acids is 3. The van der Waals surface area contributed by atoms with Crippen LogP contribution in [0.5, 0.6) is 0 Å². The van der Waals surface area contributed by atoms with Gasteiger partial charge in [0.2, 0.25) is 0 Å². The van der Waals surface area contributed by atoms with E-state index in [1.54, 1.807) is 18.4 Å². The normalized spacial score (nSPS) is 10.5. The second-order valence-electron chi connectivity index (χ2n) is 7.52. The van der Waals surface area contributed by atoms with Gasteiger partial charge in [0.15, 0.2) is 12.4 Å². The number of benzene rings is 1. The quantitative estimate of drug-likeness (QED) is 0.452. The molecule has 1 amide bonds. The fourth-order valence-electron chi connectivity index (χ4n) is 3.81. The summed E-state index contributed by atoms with van der Waals surface area (Å²) >= 11 is 0. The number of rotatable bonds is 6. The number of para-hydroxylation sites is 1. The number of aryl methyl sites for hydroxylation is 1. The number of carbonyl (C=O) groups is 3. The third kappa shape index (κ3) is 4.05. The van der Waals surface area contributed by atoms with E-state index >= 15 is 0 Å². The number of ketones is 1. The van der Waals surface area contributed by atoms with Gasteiger partial charge in [-0.15, -0.1) is 0 Å². The highest BCUT2D eigenvalue weighted by molar-refractivity contribution is 6.02. The van der Waals surface area contributed by atoms with Crippen LogP contribution in [0, 0.1) is 39.0 Å². The van der Waals surface area contributed by atoms with Crippen LogP contribution in [0.2, 0.25) is 0 Å². The summed E-state index contributed by atoms with van der Waals surface area (Å²) in [7, 11) is 0. The van der Waals surface area contributed by atoms with Crippen molar-refractivity contribution >= 4 is 23.5 Å². The Bertz CT molecular complexity index is 1260. The number of nitrogens with zero attached hydrogens (tertiary/aromatic N) is 2. The molecule has 2 heterocycles. The van der Waals surface area contributed by atoms with Gasteiger partial charge in [0.05, 0.1) is 5.56 Å². The third-order valence-electron chi connectivity index (χ3n) is 5.43. The number of hydrogen-bond acceptors (Lipinski definition) is 5. The molecule has 8 nitrogen and oxygen atoms in total. The molecule has 32 heavy (non-hydrogen) atoms. The molecule has 2 aromatic heterocycles. The van der Waals surface area contributed by atoms with Crippen molar-refractivity contribution in [1.29, 1.82) is 5.26 Å². The molecule has 0 aliphatic carbocycles. The summed E-state index contributed by atoms with van der Waals surface area (Å²) in [5, 5.41) is 12.3. The number of esters is 1. The maximum Gasteiger partial charge on any atom is 0.355 e. The molecule has 0 bridgehead atoms. The van der Waals surface area contributed by atoms with E-state index in [2.05, 4.69) is 16.4 Å². The molecule has 0 atom stereocenters. The second-order valence-corrected chi connectivity index (χ2v) is 7.52. The Kier molecular flexibility index (Phi) is 6.30. The average Bonchev–Trinajstić information content (AvgIpc) is 3.19. The Morgan fingerprint density at radius 3 is 2.31 bits per heavy atom. The number of Topliss-reactive ketones (excluding diaryl/α,β-unsaturated/α-hetero) is 1. The Balaban J connectivity index is 1.81. The van der Waals surface area contributed by atoms with Gasteiger partial charge in [-0.1, -0.05) is 18.2 Å². The Morgan fingerprint density at radius 2 is 1.75 bits per heavy atom. The fraction of sp³-hybridized carbons (Fsp3) is 0.250. The summed E-state index contributed by atoms with van der Waals surface area (Å²) in [6, 6.07) is 11.5. The molecular formula is C24H24N4O4. The molecule has 8 heteroatoms. The van der Waals surface area contributed by atoms with Crippen LogP contribution in [0.4, 0.5) is 5.82 Å². The van der Waals surface area contributed by atoms with Crippen LogP contribution in [-0.4, -0.2) is 33.8 Å². The standard InChI is InChI=1S/C24H24N4O4/c1-13-16(4)28(18-9-7-6-8-10-18)23(19(13)11-25)27-20(30)12-32-24(31)22-14(2)21(17(5)29)15(3)26-22/h6-10,26H,12H2,1-5H3,(H,27,30). The van der Waals surface area contributed by atoms with E-state index in [-0.39, 0.29) is 11.5 Å². The molecule has 0 saturated carbocycles. The van der Waals surface area contributed by atoms with Gasteiger partial charge < -0.3 is 15.0 Å². The first-order valence-electron chi connectivity index (χ1n) is 10.0. The van der Waals surface area contributed by atoms with Crippen molar-refractivity contribution in [3.8, 4) is 11.8 Å². The molecule has 0 aliphatic rings. The van der Waals surface area contributed by atoms with E-state index in [4.69, 9.17) is 4.74 Å². The van der Waals surface area contributed by atoms with Crippen LogP contribution >= 0.6 is 0 Å². The van der Waals surface area contributed by atoms with E-state index in [0.29, 0.717) is 28.2 Å². The zero-order chi connectivity index (χ0) is 23.6. The van der Waals surface area contributed by atoms with Crippen molar-refractivity contribution in [1.82, 2.24) is 9.55 Å².